The van der Waals surface area contributed by atoms with Gasteiger partial charge in [0.2, 0.25) is 0 Å². The largest absolute Gasteiger partial charge is 0.481 e. The maximum atomic E-state index is 12.3. The first-order valence-electron chi connectivity index (χ1n) is 10.9. The summed E-state index contributed by atoms with van der Waals surface area (Å²) >= 11 is 0. The smallest absolute Gasteiger partial charge is 0.310 e. The highest BCUT2D eigenvalue weighted by Crippen LogP contribution is 2.67. The van der Waals surface area contributed by atoms with E-state index in [1.165, 1.54) is 24.8 Å². The van der Waals surface area contributed by atoms with E-state index < -0.39 is 11.9 Å². The van der Waals surface area contributed by atoms with E-state index >= 15 is 0 Å². The maximum absolute atomic E-state index is 12.3. The molecule has 3 fully saturated rings. The molecule has 4 aliphatic carbocycles. The predicted molar refractivity (Wildman–Crippen MR) is 103 cm³/mol. The van der Waals surface area contributed by atoms with Gasteiger partial charge in [0.1, 0.15) is 0 Å². The fraction of sp³-hybridized carbons (Fsp3) is 0.826. The number of allylic oxidation sites excluding steroid dienone is 1. The molecule has 4 heteroatoms. The van der Waals surface area contributed by atoms with Crippen LogP contribution >= 0.6 is 0 Å². The van der Waals surface area contributed by atoms with Crippen molar-refractivity contribution >= 4 is 11.9 Å². The minimum Gasteiger partial charge on any atom is -0.481 e. The van der Waals surface area contributed by atoms with E-state index in [4.69, 9.17) is 5.11 Å². The normalized spacial score (nSPS) is 46.0. The Morgan fingerprint density at radius 1 is 1.07 bits per heavy atom. The van der Waals surface area contributed by atoms with E-state index in [-0.39, 0.29) is 29.1 Å². The Labute approximate surface area is 162 Å². The van der Waals surface area contributed by atoms with E-state index in [2.05, 4.69) is 19.9 Å². The lowest BCUT2D eigenvalue weighted by molar-refractivity contribution is -0.149. The molecule has 0 amide bonds. The van der Waals surface area contributed by atoms with Crippen molar-refractivity contribution in [1.82, 2.24) is 0 Å². The molecule has 0 unspecified atom stereocenters. The van der Waals surface area contributed by atoms with Crippen LogP contribution in [-0.4, -0.2) is 22.2 Å². The summed E-state index contributed by atoms with van der Waals surface area (Å²) in [7, 11) is 0. The van der Waals surface area contributed by atoms with Gasteiger partial charge < -0.3 is 10.2 Å². The molecule has 7 atom stereocenters. The van der Waals surface area contributed by atoms with Gasteiger partial charge in [0, 0.05) is 6.42 Å². The zero-order valence-corrected chi connectivity index (χ0v) is 16.7. The van der Waals surface area contributed by atoms with Crippen LogP contribution in [0.15, 0.2) is 11.6 Å². The van der Waals surface area contributed by atoms with Gasteiger partial charge in [-0.15, -0.1) is 0 Å². The highest BCUT2D eigenvalue weighted by atomic mass is 16.4. The van der Waals surface area contributed by atoms with Crippen LogP contribution in [0.3, 0.4) is 0 Å². The van der Waals surface area contributed by atoms with Gasteiger partial charge in [-0.1, -0.05) is 31.9 Å². The number of carbonyl (C=O) groups is 2. The number of carboxylic acids is 2. The first-order chi connectivity index (χ1) is 12.8. The summed E-state index contributed by atoms with van der Waals surface area (Å²) in [6, 6.07) is 0. The van der Waals surface area contributed by atoms with E-state index in [0.717, 1.165) is 38.5 Å². The molecule has 0 bridgehead atoms. The quantitative estimate of drug-likeness (QED) is 0.669. The van der Waals surface area contributed by atoms with Crippen molar-refractivity contribution in [2.45, 2.75) is 78.1 Å². The highest BCUT2D eigenvalue weighted by Gasteiger charge is 2.61. The summed E-state index contributed by atoms with van der Waals surface area (Å²) in [5, 5.41) is 19.2. The number of carboxylic acid groups (broad SMARTS) is 2. The van der Waals surface area contributed by atoms with Crippen LogP contribution in [0.1, 0.15) is 78.1 Å². The van der Waals surface area contributed by atoms with Crippen LogP contribution in [0.5, 0.6) is 0 Å². The van der Waals surface area contributed by atoms with Crippen LogP contribution in [0.2, 0.25) is 0 Å². The number of hydrogen-bond acceptors (Lipinski definition) is 2. The van der Waals surface area contributed by atoms with Crippen molar-refractivity contribution in [2.24, 2.45) is 40.4 Å². The molecule has 150 valence electrons. The summed E-state index contributed by atoms with van der Waals surface area (Å²) in [4.78, 5) is 23.4. The lowest BCUT2D eigenvalue weighted by Crippen LogP contribution is -2.53. The number of fused-ring (bicyclic) bond motifs is 5. The minimum absolute atomic E-state index is 0.112. The molecule has 0 heterocycles. The maximum Gasteiger partial charge on any atom is 0.310 e. The zero-order chi connectivity index (χ0) is 19.4. The predicted octanol–water partition coefficient (Wildman–Crippen LogP) is 5.13. The van der Waals surface area contributed by atoms with Gasteiger partial charge in [0.25, 0.3) is 0 Å². The van der Waals surface area contributed by atoms with E-state index in [9.17, 15) is 14.7 Å². The Hall–Kier alpha value is -1.32. The van der Waals surface area contributed by atoms with Crippen LogP contribution in [0, 0.1) is 40.4 Å². The molecule has 4 rings (SSSR count). The SMILES string of the molecule is C[C@]12CC[C@H]3[C@@H]([C@H](C(=O)O)C=C4CCCC[C@@]43C)[C@@H]1CC[C@@H]2CCC(=O)O. The van der Waals surface area contributed by atoms with Gasteiger partial charge in [-0.05, 0) is 85.9 Å². The fourth-order valence-electron chi connectivity index (χ4n) is 7.83. The third-order valence-corrected chi connectivity index (χ3v) is 9.26. The lowest BCUT2D eigenvalue weighted by Gasteiger charge is -2.59. The first-order valence-corrected chi connectivity index (χ1v) is 10.9. The van der Waals surface area contributed by atoms with Crippen LogP contribution in [-0.2, 0) is 9.59 Å². The lowest BCUT2D eigenvalue weighted by atomic mass is 9.45. The van der Waals surface area contributed by atoms with E-state index in [0.29, 0.717) is 17.8 Å². The molecule has 0 aromatic carbocycles. The number of hydrogen-bond donors (Lipinski definition) is 2. The third kappa shape index (κ3) is 2.86. The Morgan fingerprint density at radius 2 is 1.85 bits per heavy atom. The minimum atomic E-state index is -0.709. The molecular formula is C23H34O4. The summed E-state index contributed by atoms with van der Waals surface area (Å²) in [6.07, 6.45) is 12.3. The Balaban J connectivity index is 1.68. The molecule has 27 heavy (non-hydrogen) atoms. The van der Waals surface area contributed by atoms with Crippen LogP contribution in [0.25, 0.3) is 0 Å². The number of rotatable bonds is 4. The summed E-state index contributed by atoms with van der Waals surface area (Å²) in [6.45, 7) is 4.75. The van der Waals surface area contributed by atoms with E-state index in [1.807, 2.05) is 0 Å². The highest BCUT2D eigenvalue weighted by molar-refractivity contribution is 5.73. The molecule has 4 aliphatic rings. The Kier molecular flexibility index (Phi) is 4.67. The van der Waals surface area contributed by atoms with Crippen molar-refractivity contribution in [3.05, 3.63) is 11.6 Å². The molecule has 4 nitrogen and oxygen atoms in total. The molecule has 0 spiro atoms. The van der Waals surface area contributed by atoms with Gasteiger partial charge in [0.05, 0.1) is 5.92 Å². The van der Waals surface area contributed by atoms with Gasteiger partial charge in [-0.3, -0.25) is 9.59 Å². The van der Waals surface area contributed by atoms with Crippen molar-refractivity contribution < 1.29 is 19.8 Å². The van der Waals surface area contributed by atoms with Crippen molar-refractivity contribution in [3.8, 4) is 0 Å². The molecule has 3 saturated carbocycles. The second-order valence-electron chi connectivity index (χ2n) is 10.2. The zero-order valence-electron chi connectivity index (χ0n) is 16.7. The monoisotopic (exact) mass is 374 g/mol. The average Bonchev–Trinajstić information content (AvgIpc) is 2.95. The molecule has 0 aromatic heterocycles. The summed E-state index contributed by atoms with van der Waals surface area (Å²) in [5.41, 5.74) is 1.72. The molecular weight excluding hydrogens is 340 g/mol. The molecule has 0 radical (unpaired) electrons. The molecule has 0 aromatic rings. The summed E-state index contributed by atoms with van der Waals surface area (Å²) in [5.74, 6) is -0.147. The number of aliphatic carboxylic acids is 2. The molecule has 0 aliphatic heterocycles. The van der Waals surface area contributed by atoms with Crippen molar-refractivity contribution in [3.63, 3.8) is 0 Å². The van der Waals surface area contributed by atoms with Gasteiger partial charge >= 0.3 is 11.9 Å². The summed E-state index contributed by atoms with van der Waals surface area (Å²) < 4.78 is 0. The topological polar surface area (TPSA) is 74.6 Å². The average molecular weight is 375 g/mol. The van der Waals surface area contributed by atoms with Crippen molar-refractivity contribution in [2.75, 3.05) is 0 Å². The van der Waals surface area contributed by atoms with Crippen LogP contribution < -0.4 is 0 Å². The Morgan fingerprint density at radius 3 is 2.56 bits per heavy atom. The van der Waals surface area contributed by atoms with Gasteiger partial charge in [-0.2, -0.15) is 0 Å². The van der Waals surface area contributed by atoms with Crippen LogP contribution in [0.4, 0.5) is 0 Å². The standard InChI is InChI=1S/C23H34O4/c1-22-11-4-3-5-15(22)13-16(21(26)27)20-17-8-6-14(7-9-19(24)25)23(17,2)12-10-18(20)22/h13-14,16-18,20H,3-12H2,1-2H3,(H,24,25)(H,26,27)/t14-,16-,17+,18+,20+,22+,23-/m1/s1. The van der Waals surface area contributed by atoms with Crippen molar-refractivity contribution in [1.29, 1.82) is 0 Å². The second kappa shape index (κ2) is 6.63. The first kappa shape index (κ1) is 19.0. The second-order valence-corrected chi connectivity index (χ2v) is 10.2. The Bertz CT molecular complexity index is 667. The molecule has 2 N–H and O–H groups in total. The fourth-order valence-corrected chi connectivity index (χ4v) is 7.83. The van der Waals surface area contributed by atoms with E-state index in [1.54, 1.807) is 0 Å². The third-order valence-electron chi connectivity index (χ3n) is 9.26. The van der Waals surface area contributed by atoms with Gasteiger partial charge in [0.15, 0.2) is 0 Å². The molecule has 0 saturated heterocycles. The van der Waals surface area contributed by atoms with Gasteiger partial charge in [-0.25, -0.2) is 0 Å².